The van der Waals surface area contributed by atoms with E-state index in [1.165, 1.54) is 64.2 Å². The summed E-state index contributed by atoms with van der Waals surface area (Å²) in [6.45, 7) is 4.28. The quantitative estimate of drug-likeness (QED) is 0.237. The Hall–Kier alpha value is -1.55. The van der Waals surface area contributed by atoms with E-state index in [9.17, 15) is 9.59 Å². The molecule has 0 aromatic heterocycles. The molecule has 0 heterocycles. The van der Waals surface area contributed by atoms with Crippen LogP contribution >= 0.6 is 11.6 Å². The Morgan fingerprint density at radius 1 is 0.897 bits per heavy atom. The van der Waals surface area contributed by atoms with Crippen LogP contribution in [0.25, 0.3) is 0 Å². The number of benzene rings is 1. The van der Waals surface area contributed by atoms with Gasteiger partial charge in [-0.2, -0.15) is 0 Å². The zero-order valence-electron chi connectivity index (χ0n) is 18.2. The van der Waals surface area contributed by atoms with Gasteiger partial charge in [0.25, 0.3) is 5.91 Å². The lowest BCUT2D eigenvalue weighted by Gasteiger charge is -2.14. The maximum atomic E-state index is 12.2. The van der Waals surface area contributed by atoms with Gasteiger partial charge in [-0.3, -0.25) is 4.79 Å². The lowest BCUT2D eigenvalue weighted by atomic mass is 10.1. The predicted molar refractivity (Wildman–Crippen MR) is 120 cm³/mol. The first-order chi connectivity index (χ1) is 14.1. The van der Waals surface area contributed by atoms with Crippen molar-refractivity contribution in [1.29, 1.82) is 0 Å². The number of ether oxygens (including phenoxy) is 1. The van der Waals surface area contributed by atoms with E-state index in [0.29, 0.717) is 17.2 Å². The molecule has 0 aliphatic heterocycles. The Bertz CT molecular complexity index is 591. The monoisotopic (exact) mass is 423 g/mol. The molecule has 1 rings (SSSR count). The lowest BCUT2D eigenvalue weighted by molar-refractivity contribution is -0.145. The molecule has 1 N–H and O–H groups in total. The number of unbranched alkanes of at least 4 members (excludes halogenated alkanes) is 11. The number of carbonyl (C=O) groups is 2. The molecule has 0 saturated carbocycles. The van der Waals surface area contributed by atoms with Gasteiger partial charge in [0.2, 0.25) is 0 Å². The highest BCUT2D eigenvalue weighted by molar-refractivity contribution is 6.33. The van der Waals surface area contributed by atoms with Crippen molar-refractivity contribution < 1.29 is 14.3 Å². The summed E-state index contributed by atoms with van der Waals surface area (Å²) < 4.78 is 5.28. The Balaban J connectivity index is 2.01. The second kappa shape index (κ2) is 16.3. The first-order valence-corrected chi connectivity index (χ1v) is 11.7. The van der Waals surface area contributed by atoms with Crippen molar-refractivity contribution in [2.75, 3.05) is 6.61 Å². The molecule has 1 unspecified atom stereocenters. The third-order valence-electron chi connectivity index (χ3n) is 5.06. The van der Waals surface area contributed by atoms with Crippen molar-refractivity contribution in [2.45, 2.75) is 96.9 Å². The standard InChI is InChI=1S/C24H38ClNO3/c1-3-4-5-6-7-8-9-10-11-12-13-16-19-29-24(28)20(2)26-23(27)21-17-14-15-18-22(21)25/h14-15,17-18,20H,3-13,16,19H2,1-2H3,(H,26,27). The Labute approximate surface area is 181 Å². The van der Waals surface area contributed by atoms with Crippen molar-refractivity contribution >= 4 is 23.5 Å². The third-order valence-corrected chi connectivity index (χ3v) is 5.39. The number of amides is 1. The number of hydrogen-bond acceptors (Lipinski definition) is 3. The SMILES string of the molecule is CCCCCCCCCCCCCCOC(=O)C(C)NC(=O)c1ccccc1Cl. The first kappa shape index (κ1) is 25.5. The van der Waals surface area contributed by atoms with Gasteiger partial charge in [-0.1, -0.05) is 101 Å². The summed E-state index contributed by atoms with van der Waals surface area (Å²) in [5.41, 5.74) is 0.356. The van der Waals surface area contributed by atoms with Crippen LogP contribution in [0.5, 0.6) is 0 Å². The van der Waals surface area contributed by atoms with Crippen LogP contribution in [0.3, 0.4) is 0 Å². The van der Waals surface area contributed by atoms with E-state index in [1.54, 1.807) is 31.2 Å². The molecule has 0 fully saturated rings. The van der Waals surface area contributed by atoms with Gasteiger partial charge < -0.3 is 10.1 Å². The fourth-order valence-corrected chi connectivity index (χ4v) is 3.44. The minimum absolute atomic E-state index is 0.356. The highest BCUT2D eigenvalue weighted by Gasteiger charge is 2.19. The average Bonchev–Trinajstić information content (AvgIpc) is 2.71. The second-order valence-electron chi connectivity index (χ2n) is 7.73. The summed E-state index contributed by atoms with van der Waals surface area (Å²) in [7, 11) is 0. The molecule has 0 bridgehead atoms. The van der Waals surface area contributed by atoms with Crippen molar-refractivity contribution in [3.63, 3.8) is 0 Å². The van der Waals surface area contributed by atoms with Crippen molar-refractivity contribution in [2.24, 2.45) is 0 Å². The van der Waals surface area contributed by atoms with Crippen LogP contribution < -0.4 is 5.32 Å². The molecule has 164 valence electrons. The molecule has 0 aliphatic carbocycles. The zero-order valence-corrected chi connectivity index (χ0v) is 18.9. The van der Waals surface area contributed by atoms with Gasteiger partial charge in [0.05, 0.1) is 17.2 Å². The summed E-state index contributed by atoms with van der Waals surface area (Å²) >= 11 is 6.00. The van der Waals surface area contributed by atoms with Gasteiger partial charge in [0.15, 0.2) is 0 Å². The number of halogens is 1. The van der Waals surface area contributed by atoms with Crippen LogP contribution in [0.15, 0.2) is 24.3 Å². The van der Waals surface area contributed by atoms with Gasteiger partial charge in [-0.05, 0) is 25.5 Å². The van der Waals surface area contributed by atoms with Gasteiger partial charge in [-0.25, -0.2) is 4.79 Å². The van der Waals surface area contributed by atoms with E-state index in [-0.39, 0.29) is 5.91 Å². The number of nitrogens with one attached hydrogen (secondary N) is 1. The van der Waals surface area contributed by atoms with Gasteiger partial charge in [-0.15, -0.1) is 0 Å². The zero-order chi connectivity index (χ0) is 21.3. The third kappa shape index (κ3) is 11.9. The molecule has 0 saturated heterocycles. The molecule has 0 radical (unpaired) electrons. The molecule has 1 aromatic rings. The van der Waals surface area contributed by atoms with Gasteiger partial charge in [0.1, 0.15) is 6.04 Å². The number of carbonyl (C=O) groups excluding carboxylic acids is 2. The molecule has 1 aromatic carbocycles. The fraction of sp³-hybridized carbons (Fsp3) is 0.667. The Kier molecular flexibility index (Phi) is 14.3. The van der Waals surface area contributed by atoms with E-state index >= 15 is 0 Å². The smallest absolute Gasteiger partial charge is 0.328 e. The Morgan fingerprint density at radius 3 is 1.97 bits per heavy atom. The maximum absolute atomic E-state index is 12.2. The van der Waals surface area contributed by atoms with Gasteiger partial charge >= 0.3 is 5.97 Å². The van der Waals surface area contributed by atoms with Crippen LogP contribution in [0.2, 0.25) is 5.02 Å². The number of esters is 1. The normalized spacial score (nSPS) is 11.8. The van der Waals surface area contributed by atoms with Gasteiger partial charge in [0, 0.05) is 0 Å². The number of hydrogen-bond donors (Lipinski definition) is 1. The average molecular weight is 424 g/mol. The van der Waals surface area contributed by atoms with E-state index in [4.69, 9.17) is 16.3 Å². The molecule has 0 aliphatic rings. The molecule has 1 amide bonds. The minimum atomic E-state index is -0.698. The van der Waals surface area contributed by atoms with Crippen LogP contribution in [0.1, 0.15) is 101 Å². The first-order valence-electron chi connectivity index (χ1n) is 11.3. The highest BCUT2D eigenvalue weighted by atomic mass is 35.5. The maximum Gasteiger partial charge on any atom is 0.328 e. The highest BCUT2D eigenvalue weighted by Crippen LogP contribution is 2.15. The molecule has 0 spiro atoms. The predicted octanol–water partition coefficient (Wildman–Crippen LogP) is 6.70. The van der Waals surface area contributed by atoms with Crippen molar-refractivity contribution in [3.05, 3.63) is 34.9 Å². The van der Waals surface area contributed by atoms with E-state index in [0.717, 1.165) is 12.8 Å². The van der Waals surface area contributed by atoms with E-state index in [2.05, 4.69) is 12.2 Å². The molecule has 4 nitrogen and oxygen atoms in total. The summed E-state index contributed by atoms with van der Waals surface area (Å²) in [4.78, 5) is 24.2. The van der Waals surface area contributed by atoms with Crippen molar-refractivity contribution in [3.8, 4) is 0 Å². The van der Waals surface area contributed by atoms with Crippen LogP contribution in [0, 0.1) is 0 Å². The lowest BCUT2D eigenvalue weighted by Crippen LogP contribution is -2.39. The fourth-order valence-electron chi connectivity index (χ4n) is 3.22. The molecular formula is C24H38ClNO3. The topological polar surface area (TPSA) is 55.4 Å². The van der Waals surface area contributed by atoms with Crippen LogP contribution in [-0.2, 0) is 9.53 Å². The van der Waals surface area contributed by atoms with Crippen molar-refractivity contribution in [1.82, 2.24) is 5.32 Å². The molecule has 1 atom stereocenters. The summed E-state index contributed by atoms with van der Waals surface area (Å²) in [5.74, 6) is -0.779. The molecule has 5 heteroatoms. The molecule has 29 heavy (non-hydrogen) atoms. The Morgan fingerprint density at radius 2 is 1.41 bits per heavy atom. The number of rotatable bonds is 16. The minimum Gasteiger partial charge on any atom is -0.464 e. The largest absolute Gasteiger partial charge is 0.464 e. The van der Waals surface area contributed by atoms with Crippen LogP contribution in [0.4, 0.5) is 0 Å². The molecular weight excluding hydrogens is 386 g/mol. The summed E-state index contributed by atoms with van der Waals surface area (Å²) in [6.07, 6.45) is 15.2. The van der Waals surface area contributed by atoms with E-state index in [1.807, 2.05) is 0 Å². The van der Waals surface area contributed by atoms with Crippen LogP contribution in [-0.4, -0.2) is 24.5 Å². The summed E-state index contributed by atoms with van der Waals surface area (Å²) in [5, 5.41) is 3.00. The summed E-state index contributed by atoms with van der Waals surface area (Å²) in [6, 6.07) is 6.06. The second-order valence-corrected chi connectivity index (χ2v) is 8.14. The van der Waals surface area contributed by atoms with E-state index < -0.39 is 12.0 Å².